The summed E-state index contributed by atoms with van der Waals surface area (Å²) in [6.07, 6.45) is -0.0528. The molecule has 0 fully saturated rings. The van der Waals surface area contributed by atoms with Gasteiger partial charge >= 0.3 is 6.16 Å². The molecule has 0 unspecified atom stereocenters. The van der Waals surface area contributed by atoms with Crippen molar-refractivity contribution < 1.29 is 19.2 Å². The van der Waals surface area contributed by atoms with Crippen LogP contribution in [0, 0.1) is 0 Å². The summed E-state index contributed by atoms with van der Waals surface area (Å²) < 4.78 is 4.48. The molecular weight excluding hydrogens is 222 g/mol. The highest BCUT2D eigenvalue weighted by molar-refractivity contribution is 5.76. The van der Waals surface area contributed by atoms with Crippen LogP contribution in [0.1, 0.15) is 18.9 Å². The number of carbonyl (C=O) groups excluding carboxylic acids is 2. The van der Waals surface area contributed by atoms with Crippen molar-refractivity contribution in [2.24, 2.45) is 0 Å². The molecule has 0 bridgehead atoms. The molecule has 0 aliphatic carbocycles. The van der Waals surface area contributed by atoms with Crippen molar-refractivity contribution in [1.29, 1.82) is 0 Å². The molecule has 1 rings (SSSR count). The van der Waals surface area contributed by atoms with Gasteiger partial charge in [0.2, 0.25) is 0 Å². The zero-order valence-electron chi connectivity index (χ0n) is 9.64. The monoisotopic (exact) mass is 237 g/mol. The Balaban J connectivity index is 2.20. The van der Waals surface area contributed by atoms with Gasteiger partial charge in [-0.25, -0.2) is 4.79 Å². The van der Waals surface area contributed by atoms with Crippen molar-refractivity contribution in [2.45, 2.75) is 19.8 Å². The molecule has 0 aliphatic rings. The van der Waals surface area contributed by atoms with Crippen molar-refractivity contribution in [1.82, 2.24) is 5.48 Å². The third-order valence-electron chi connectivity index (χ3n) is 1.99. The van der Waals surface area contributed by atoms with E-state index in [1.54, 1.807) is 6.92 Å². The maximum atomic E-state index is 11.3. The number of hydrogen-bond acceptors (Lipinski definition) is 4. The lowest BCUT2D eigenvalue weighted by molar-refractivity contribution is -0.131. The summed E-state index contributed by atoms with van der Waals surface area (Å²) in [5.41, 5.74) is 3.08. The molecule has 1 N–H and O–H groups in total. The van der Waals surface area contributed by atoms with Crippen LogP contribution in [-0.2, 0) is 20.8 Å². The smallest absolute Gasteiger partial charge is 0.433 e. The number of carbonyl (C=O) groups is 2. The standard InChI is InChI=1S/C12H15NO4/c1-2-16-12(15)17-13-11(14)9-8-10-6-4-3-5-7-10/h3-7H,2,8-9H2,1H3,(H,13,14). The van der Waals surface area contributed by atoms with Gasteiger partial charge in [0.05, 0.1) is 6.61 Å². The predicted molar refractivity (Wildman–Crippen MR) is 61.0 cm³/mol. The fraction of sp³-hybridized carbons (Fsp3) is 0.333. The quantitative estimate of drug-likeness (QED) is 0.641. The average Bonchev–Trinajstić information content (AvgIpc) is 2.35. The second kappa shape index (κ2) is 7.27. The third-order valence-corrected chi connectivity index (χ3v) is 1.99. The van der Waals surface area contributed by atoms with Crippen LogP contribution in [0.15, 0.2) is 30.3 Å². The Bertz CT molecular complexity index is 364. The van der Waals surface area contributed by atoms with Gasteiger partial charge in [-0.2, -0.15) is 5.48 Å². The van der Waals surface area contributed by atoms with E-state index in [2.05, 4.69) is 9.57 Å². The van der Waals surface area contributed by atoms with E-state index in [1.807, 2.05) is 35.8 Å². The zero-order chi connectivity index (χ0) is 12.5. The van der Waals surface area contributed by atoms with Gasteiger partial charge in [-0.15, -0.1) is 0 Å². The number of rotatable bonds is 4. The van der Waals surface area contributed by atoms with Gasteiger partial charge in [0.1, 0.15) is 0 Å². The highest BCUT2D eigenvalue weighted by Crippen LogP contribution is 2.01. The minimum atomic E-state index is -0.902. The lowest BCUT2D eigenvalue weighted by Crippen LogP contribution is -2.27. The molecule has 1 amide bonds. The van der Waals surface area contributed by atoms with E-state index in [9.17, 15) is 9.59 Å². The number of aryl methyl sites for hydroxylation is 1. The lowest BCUT2D eigenvalue weighted by atomic mass is 10.1. The summed E-state index contributed by atoms with van der Waals surface area (Å²) in [6, 6.07) is 9.58. The topological polar surface area (TPSA) is 64.6 Å². The number of amides is 1. The lowest BCUT2D eigenvalue weighted by Gasteiger charge is -2.05. The van der Waals surface area contributed by atoms with Crippen molar-refractivity contribution >= 4 is 12.1 Å². The Labute approximate surface area is 99.7 Å². The van der Waals surface area contributed by atoms with Crippen LogP contribution in [0.4, 0.5) is 4.79 Å². The fourth-order valence-corrected chi connectivity index (χ4v) is 1.20. The van der Waals surface area contributed by atoms with E-state index in [4.69, 9.17) is 0 Å². The van der Waals surface area contributed by atoms with Gasteiger partial charge in [0.15, 0.2) is 0 Å². The summed E-state index contributed by atoms with van der Waals surface area (Å²) in [7, 11) is 0. The first-order chi connectivity index (χ1) is 8.22. The second-order valence-electron chi connectivity index (χ2n) is 3.30. The number of nitrogens with one attached hydrogen (secondary N) is 1. The van der Waals surface area contributed by atoms with Gasteiger partial charge in [-0.1, -0.05) is 30.3 Å². The Kier molecular flexibility index (Phi) is 5.57. The third kappa shape index (κ3) is 5.55. The normalized spacial score (nSPS) is 9.47. The van der Waals surface area contributed by atoms with Gasteiger partial charge in [0, 0.05) is 6.42 Å². The number of hydrogen-bond donors (Lipinski definition) is 1. The van der Waals surface area contributed by atoms with Crippen LogP contribution in [0.25, 0.3) is 0 Å². The van der Waals surface area contributed by atoms with Crippen LogP contribution in [0.3, 0.4) is 0 Å². The Morgan fingerprint density at radius 1 is 1.24 bits per heavy atom. The first kappa shape index (κ1) is 13.0. The van der Waals surface area contributed by atoms with Gasteiger partial charge in [0.25, 0.3) is 5.91 Å². The number of hydroxylamine groups is 1. The highest BCUT2D eigenvalue weighted by atomic mass is 16.8. The molecule has 1 aromatic carbocycles. The Morgan fingerprint density at radius 2 is 1.94 bits per heavy atom. The Morgan fingerprint density at radius 3 is 2.59 bits per heavy atom. The predicted octanol–water partition coefficient (Wildman–Crippen LogP) is 1.82. The van der Waals surface area contributed by atoms with Crippen LogP contribution in [0.5, 0.6) is 0 Å². The van der Waals surface area contributed by atoms with E-state index in [0.29, 0.717) is 6.42 Å². The molecule has 0 spiro atoms. The van der Waals surface area contributed by atoms with Crippen molar-refractivity contribution in [3.05, 3.63) is 35.9 Å². The molecule has 5 heteroatoms. The average molecular weight is 237 g/mol. The first-order valence-corrected chi connectivity index (χ1v) is 5.38. The van der Waals surface area contributed by atoms with Crippen LogP contribution < -0.4 is 5.48 Å². The van der Waals surface area contributed by atoms with Crippen LogP contribution in [0.2, 0.25) is 0 Å². The summed E-state index contributed by atoms with van der Waals surface area (Å²) in [4.78, 5) is 26.4. The molecule has 0 heterocycles. The fourth-order valence-electron chi connectivity index (χ4n) is 1.20. The molecule has 0 atom stereocenters. The second-order valence-corrected chi connectivity index (χ2v) is 3.30. The summed E-state index contributed by atoms with van der Waals surface area (Å²) in [5.74, 6) is -0.359. The zero-order valence-corrected chi connectivity index (χ0v) is 9.64. The van der Waals surface area contributed by atoms with E-state index in [0.717, 1.165) is 5.56 Å². The van der Waals surface area contributed by atoms with E-state index in [1.165, 1.54) is 0 Å². The molecule has 0 aromatic heterocycles. The van der Waals surface area contributed by atoms with Gasteiger partial charge in [-0.05, 0) is 18.9 Å². The van der Waals surface area contributed by atoms with Gasteiger partial charge in [-0.3, -0.25) is 4.79 Å². The Hall–Kier alpha value is -2.04. The van der Waals surface area contributed by atoms with Crippen LogP contribution >= 0.6 is 0 Å². The maximum Gasteiger partial charge on any atom is 0.533 e. The minimum absolute atomic E-state index is 0.207. The van der Waals surface area contributed by atoms with E-state index in [-0.39, 0.29) is 18.9 Å². The molecule has 1 aromatic rings. The molecular formula is C12H15NO4. The van der Waals surface area contributed by atoms with Gasteiger partial charge < -0.3 is 9.57 Å². The highest BCUT2D eigenvalue weighted by Gasteiger charge is 2.06. The van der Waals surface area contributed by atoms with Crippen molar-refractivity contribution in [3.63, 3.8) is 0 Å². The molecule has 0 aliphatic heterocycles. The van der Waals surface area contributed by atoms with Crippen LogP contribution in [-0.4, -0.2) is 18.7 Å². The molecule has 17 heavy (non-hydrogen) atoms. The summed E-state index contributed by atoms with van der Waals surface area (Å²) >= 11 is 0. The van der Waals surface area contributed by atoms with Crippen molar-refractivity contribution in [3.8, 4) is 0 Å². The maximum absolute atomic E-state index is 11.3. The van der Waals surface area contributed by atoms with Crippen molar-refractivity contribution in [2.75, 3.05) is 6.61 Å². The molecule has 0 saturated carbocycles. The minimum Gasteiger partial charge on any atom is -0.433 e. The van der Waals surface area contributed by atoms with E-state index < -0.39 is 6.16 Å². The largest absolute Gasteiger partial charge is 0.533 e. The molecule has 0 radical (unpaired) electrons. The summed E-state index contributed by atoms with van der Waals surface area (Å²) in [6.45, 7) is 1.86. The molecule has 5 nitrogen and oxygen atoms in total. The SMILES string of the molecule is CCOC(=O)ONC(=O)CCc1ccccc1. The number of benzene rings is 1. The summed E-state index contributed by atoms with van der Waals surface area (Å²) in [5, 5.41) is 0. The first-order valence-electron chi connectivity index (χ1n) is 5.38. The molecule has 0 saturated heterocycles. The van der Waals surface area contributed by atoms with E-state index >= 15 is 0 Å². The number of ether oxygens (including phenoxy) is 1. The molecule has 92 valence electrons.